The van der Waals surface area contributed by atoms with E-state index >= 15 is 0 Å². The van der Waals surface area contributed by atoms with Crippen LogP contribution in [0.25, 0.3) is 0 Å². The van der Waals surface area contributed by atoms with Crippen molar-refractivity contribution in [2.45, 2.75) is 32.7 Å². The molecule has 0 heterocycles. The topological polar surface area (TPSA) is 32.3 Å². The van der Waals surface area contributed by atoms with E-state index in [1.165, 1.54) is 5.56 Å². The van der Waals surface area contributed by atoms with Crippen LogP contribution in [0.1, 0.15) is 37.4 Å². The smallest absolute Gasteiger partial charge is 0.120 e. The molecular formula is C17H21NO. The van der Waals surface area contributed by atoms with Crippen molar-refractivity contribution in [2.75, 3.05) is 5.32 Å². The average molecular weight is 255 g/mol. The normalized spacial score (nSPS) is 12.1. The molecule has 0 fully saturated rings. The van der Waals surface area contributed by atoms with Crippen molar-refractivity contribution in [1.82, 2.24) is 0 Å². The van der Waals surface area contributed by atoms with Crippen molar-refractivity contribution >= 4 is 5.69 Å². The van der Waals surface area contributed by atoms with Gasteiger partial charge in [0.2, 0.25) is 0 Å². The van der Waals surface area contributed by atoms with Crippen molar-refractivity contribution in [3.8, 4) is 5.75 Å². The lowest BCUT2D eigenvalue weighted by molar-refractivity contribution is 0.463. The first-order valence-corrected chi connectivity index (χ1v) is 6.88. The monoisotopic (exact) mass is 255 g/mol. The van der Waals surface area contributed by atoms with E-state index in [0.29, 0.717) is 5.75 Å². The Balaban J connectivity index is 2.17. The first-order chi connectivity index (χ1) is 9.24. The van der Waals surface area contributed by atoms with Crippen LogP contribution in [0.3, 0.4) is 0 Å². The summed E-state index contributed by atoms with van der Waals surface area (Å²) >= 11 is 0. The lowest BCUT2D eigenvalue weighted by Gasteiger charge is -2.20. The van der Waals surface area contributed by atoms with Crippen molar-refractivity contribution in [2.24, 2.45) is 0 Å². The summed E-state index contributed by atoms with van der Waals surface area (Å²) in [5.74, 6) is 0.354. The molecule has 1 atom stereocenters. The van der Waals surface area contributed by atoms with Crippen LogP contribution in [-0.4, -0.2) is 5.11 Å². The van der Waals surface area contributed by atoms with E-state index in [9.17, 15) is 5.11 Å². The van der Waals surface area contributed by atoms with Crippen LogP contribution in [0.2, 0.25) is 0 Å². The molecule has 2 nitrogen and oxygen atoms in total. The van der Waals surface area contributed by atoms with Gasteiger partial charge in [0, 0.05) is 11.3 Å². The van der Waals surface area contributed by atoms with E-state index in [4.69, 9.17) is 0 Å². The van der Waals surface area contributed by atoms with Gasteiger partial charge in [0.15, 0.2) is 0 Å². The van der Waals surface area contributed by atoms with Gasteiger partial charge in [-0.1, -0.05) is 44.2 Å². The number of nitrogens with one attached hydrogen (secondary N) is 1. The van der Waals surface area contributed by atoms with E-state index in [1.807, 2.05) is 18.2 Å². The molecule has 2 rings (SSSR count). The van der Waals surface area contributed by atoms with Gasteiger partial charge >= 0.3 is 0 Å². The maximum absolute atomic E-state index is 9.93. The van der Waals surface area contributed by atoms with E-state index in [-0.39, 0.29) is 6.04 Å². The van der Waals surface area contributed by atoms with Gasteiger partial charge in [0.25, 0.3) is 0 Å². The molecule has 0 bridgehead atoms. The summed E-state index contributed by atoms with van der Waals surface area (Å²) in [4.78, 5) is 0. The van der Waals surface area contributed by atoms with Crippen molar-refractivity contribution in [1.29, 1.82) is 0 Å². The SMILES string of the molecule is CCc1ccc(NC(CC)c2ccccc2O)cc1. The lowest BCUT2D eigenvalue weighted by atomic mass is 10.0. The van der Waals surface area contributed by atoms with Gasteiger partial charge in [-0.05, 0) is 36.6 Å². The van der Waals surface area contributed by atoms with E-state index in [2.05, 4.69) is 43.4 Å². The first-order valence-electron chi connectivity index (χ1n) is 6.88. The minimum Gasteiger partial charge on any atom is -0.508 e. The molecule has 100 valence electrons. The number of phenols is 1. The highest BCUT2D eigenvalue weighted by molar-refractivity contribution is 5.48. The second-order valence-electron chi connectivity index (χ2n) is 4.71. The van der Waals surface area contributed by atoms with Crippen molar-refractivity contribution in [3.63, 3.8) is 0 Å². The highest BCUT2D eigenvalue weighted by Gasteiger charge is 2.12. The molecule has 0 aromatic heterocycles. The predicted molar refractivity (Wildman–Crippen MR) is 80.6 cm³/mol. The maximum atomic E-state index is 9.93. The molecule has 19 heavy (non-hydrogen) atoms. The third-order valence-electron chi connectivity index (χ3n) is 3.42. The third kappa shape index (κ3) is 3.28. The summed E-state index contributed by atoms with van der Waals surface area (Å²) in [7, 11) is 0. The molecule has 0 aliphatic carbocycles. The number of aryl methyl sites for hydroxylation is 1. The van der Waals surface area contributed by atoms with Gasteiger partial charge in [0.05, 0.1) is 6.04 Å². The zero-order valence-electron chi connectivity index (χ0n) is 11.6. The minimum absolute atomic E-state index is 0.133. The zero-order chi connectivity index (χ0) is 13.7. The Morgan fingerprint density at radius 3 is 2.26 bits per heavy atom. The quantitative estimate of drug-likeness (QED) is 0.823. The summed E-state index contributed by atoms with van der Waals surface area (Å²) in [5.41, 5.74) is 3.37. The Bertz CT molecular complexity index is 519. The summed E-state index contributed by atoms with van der Waals surface area (Å²) in [6.07, 6.45) is 1.98. The van der Waals surface area contributed by atoms with Crippen LogP contribution in [0.5, 0.6) is 5.75 Å². The van der Waals surface area contributed by atoms with E-state index in [0.717, 1.165) is 24.1 Å². The van der Waals surface area contributed by atoms with Crippen LogP contribution < -0.4 is 5.32 Å². The summed E-state index contributed by atoms with van der Waals surface area (Å²) in [6, 6.07) is 16.1. The van der Waals surface area contributed by atoms with Gasteiger partial charge in [0.1, 0.15) is 5.75 Å². The highest BCUT2D eigenvalue weighted by atomic mass is 16.3. The van der Waals surface area contributed by atoms with Crippen LogP contribution >= 0.6 is 0 Å². The number of hydrogen-bond donors (Lipinski definition) is 2. The highest BCUT2D eigenvalue weighted by Crippen LogP contribution is 2.29. The Labute approximate surface area is 115 Å². The van der Waals surface area contributed by atoms with Crippen LogP contribution in [0.4, 0.5) is 5.69 Å². The molecule has 1 unspecified atom stereocenters. The molecule has 2 aromatic rings. The summed E-state index contributed by atoms with van der Waals surface area (Å²) < 4.78 is 0. The van der Waals surface area contributed by atoms with Gasteiger partial charge in [-0.3, -0.25) is 0 Å². The second kappa shape index (κ2) is 6.28. The molecule has 0 amide bonds. The Morgan fingerprint density at radius 2 is 1.68 bits per heavy atom. The molecule has 0 aliphatic heterocycles. The standard InChI is InChI=1S/C17H21NO/c1-3-13-9-11-14(12-10-13)18-16(4-2)15-7-5-6-8-17(15)19/h5-12,16,18-19H,3-4H2,1-2H3. The second-order valence-corrected chi connectivity index (χ2v) is 4.71. The molecule has 0 saturated heterocycles. The fraction of sp³-hybridized carbons (Fsp3) is 0.294. The first kappa shape index (κ1) is 13.5. The average Bonchev–Trinajstić information content (AvgIpc) is 2.46. The maximum Gasteiger partial charge on any atom is 0.120 e. The Morgan fingerprint density at radius 1 is 1.00 bits per heavy atom. The largest absolute Gasteiger partial charge is 0.508 e. The molecule has 2 aromatic carbocycles. The number of hydrogen-bond acceptors (Lipinski definition) is 2. The molecule has 0 aliphatic rings. The van der Waals surface area contributed by atoms with Crippen molar-refractivity contribution in [3.05, 3.63) is 59.7 Å². The number of anilines is 1. The number of benzene rings is 2. The lowest BCUT2D eigenvalue weighted by Crippen LogP contribution is -2.09. The summed E-state index contributed by atoms with van der Waals surface area (Å²) in [5, 5.41) is 13.4. The molecule has 0 radical (unpaired) electrons. The number of para-hydroxylation sites is 1. The number of aromatic hydroxyl groups is 1. The molecule has 0 spiro atoms. The van der Waals surface area contributed by atoms with Crippen LogP contribution in [0.15, 0.2) is 48.5 Å². The van der Waals surface area contributed by atoms with Crippen LogP contribution in [0, 0.1) is 0 Å². The van der Waals surface area contributed by atoms with Crippen molar-refractivity contribution < 1.29 is 5.11 Å². The molecule has 0 saturated carbocycles. The van der Waals surface area contributed by atoms with Gasteiger partial charge in [-0.25, -0.2) is 0 Å². The molecular weight excluding hydrogens is 234 g/mol. The predicted octanol–water partition coefficient (Wildman–Crippen LogP) is 4.52. The van der Waals surface area contributed by atoms with Gasteiger partial charge < -0.3 is 10.4 Å². The number of phenolic OH excluding ortho intramolecular Hbond substituents is 1. The fourth-order valence-electron chi connectivity index (χ4n) is 2.22. The third-order valence-corrected chi connectivity index (χ3v) is 3.42. The van der Waals surface area contributed by atoms with Gasteiger partial charge in [-0.2, -0.15) is 0 Å². The Hall–Kier alpha value is -1.96. The number of rotatable bonds is 5. The van der Waals surface area contributed by atoms with E-state index < -0.39 is 0 Å². The molecule has 2 heteroatoms. The zero-order valence-corrected chi connectivity index (χ0v) is 11.6. The van der Waals surface area contributed by atoms with Crippen LogP contribution in [-0.2, 0) is 6.42 Å². The fourth-order valence-corrected chi connectivity index (χ4v) is 2.22. The van der Waals surface area contributed by atoms with Gasteiger partial charge in [-0.15, -0.1) is 0 Å². The summed E-state index contributed by atoms with van der Waals surface area (Å²) in [6.45, 7) is 4.27. The molecule has 2 N–H and O–H groups in total. The van der Waals surface area contributed by atoms with E-state index in [1.54, 1.807) is 6.07 Å². The Kier molecular flexibility index (Phi) is 4.45. The minimum atomic E-state index is 0.133.